The number of ether oxygens (including phenoxy) is 2. The van der Waals surface area contributed by atoms with Crippen LogP contribution >= 0.6 is 0 Å². The summed E-state index contributed by atoms with van der Waals surface area (Å²) in [5, 5.41) is 12.7. The minimum Gasteiger partial charge on any atom is -0.480 e. The third kappa shape index (κ3) is 4.72. The van der Waals surface area contributed by atoms with Gasteiger partial charge in [0.15, 0.2) is 0 Å². The summed E-state index contributed by atoms with van der Waals surface area (Å²) in [5.41, 5.74) is -0.895. The molecular formula is C15H27NO4. The van der Waals surface area contributed by atoms with Gasteiger partial charge in [0.05, 0.1) is 18.8 Å². The van der Waals surface area contributed by atoms with E-state index >= 15 is 0 Å². The molecule has 1 aliphatic carbocycles. The lowest BCUT2D eigenvalue weighted by atomic mass is 9.94. The average molecular weight is 285 g/mol. The van der Waals surface area contributed by atoms with Crippen LogP contribution in [0, 0.1) is 0 Å². The smallest absolute Gasteiger partial charge is 0.323 e. The van der Waals surface area contributed by atoms with Gasteiger partial charge in [-0.1, -0.05) is 0 Å². The van der Waals surface area contributed by atoms with Crippen LogP contribution in [0.2, 0.25) is 0 Å². The normalized spacial score (nSPS) is 27.8. The topological polar surface area (TPSA) is 67.8 Å². The van der Waals surface area contributed by atoms with Gasteiger partial charge in [-0.25, -0.2) is 0 Å². The molecule has 2 fully saturated rings. The summed E-state index contributed by atoms with van der Waals surface area (Å²) >= 11 is 0. The minimum absolute atomic E-state index is 0.0899. The molecule has 1 saturated carbocycles. The van der Waals surface area contributed by atoms with Gasteiger partial charge in [-0.3, -0.25) is 10.1 Å². The van der Waals surface area contributed by atoms with Crippen molar-refractivity contribution in [3.63, 3.8) is 0 Å². The number of nitrogens with one attached hydrogen (secondary N) is 1. The third-order valence-electron chi connectivity index (χ3n) is 4.11. The van der Waals surface area contributed by atoms with Crippen LogP contribution in [0.3, 0.4) is 0 Å². The van der Waals surface area contributed by atoms with Crippen LogP contribution in [0.1, 0.15) is 52.4 Å². The number of hydrogen-bond donors (Lipinski definition) is 2. The SMILES string of the molecule is CC(CC(C)(NC1CC1)C(=O)O)OCC1CCCCO1. The Balaban J connectivity index is 1.75. The molecule has 1 saturated heterocycles. The molecule has 1 heterocycles. The summed E-state index contributed by atoms with van der Waals surface area (Å²) in [7, 11) is 0. The number of carbonyl (C=O) groups is 1. The zero-order valence-corrected chi connectivity index (χ0v) is 12.6. The molecule has 0 bridgehead atoms. The summed E-state index contributed by atoms with van der Waals surface area (Å²) in [6, 6.07) is 0.366. The van der Waals surface area contributed by atoms with Crippen molar-refractivity contribution in [1.82, 2.24) is 5.32 Å². The molecule has 5 heteroatoms. The van der Waals surface area contributed by atoms with E-state index in [0.717, 1.165) is 32.3 Å². The lowest BCUT2D eigenvalue weighted by Crippen LogP contribution is -2.52. The van der Waals surface area contributed by atoms with Crippen molar-refractivity contribution in [1.29, 1.82) is 0 Å². The van der Waals surface area contributed by atoms with Crippen LogP contribution in [0.15, 0.2) is 0 Å². The first kappa shape index (κ1) is 15.7. The lowest BCUT2D eigenvalue weighted by Gasteiger charge is -2.30. The molecule has 2 aliphatic rings. The molecule has 3 unspecified atom stereocenters. The molecule has 0 aromatic rings. The number of carboxylic acids is 1. The van der Waals surface area contributed by atoms with Crippen molar-refractivity contribution in [3.05, 3.63) is 0 Å². The first-order valence-corrected chi connectivity index (χ1v) is 7.74. The van der Waals surface area contributed by atoms with Crippen LogP contribution in [0.5, 0.6) is 0 Å². The van der Waals surface area contributed by atoms with Crippen molar-refractivity contribution in [3.8, 4) is 0 Å². The Morgan fingerprint density at radius 1 is 1.45 bits per heavy atom. The van der Waals surface area contributed by atoms with E-state index < -0.39 is 11.5 Å². The van der Waals surface area contributed by atoms with Crippen molar-refractivity contribution < 1.29 is 19.4 Å². The van der Waals surface area contributed by atoms with Crippen molar-refractivity contribution in [2.75, 3.05) is 13.2 Å². The quantitative estimate of drug-likeness (QED) is 0.713. The maximum absolute atomic E-state index is 11.5. The summed E-state index contributed by atoms with van der Waals surface area (Å²) < 4.78 is 11.4. The Morgan fingerprint density at radius 3 is 2.75 bits per heavy atom. The molecule has 0 amide bonds. The van der Waals surface area contributed by atoms with Crippen LogP contribution < -0.4 is 5.32 Å². The second-order valence-corrected chi connectivity index (χ2v) is 6.39. The van der Waals surface area contributed by atoms with E-state index in [9.17, 15) is 9.90 Å². The highest BCUT2D eigenvalue weighted by molar-refractivity contribution is 5.78. The number of carboxylic acid groups (broad SMARTS) is 1. The Bertz CT molecular complexity index is 326. The monoisotopic (exact) mass is 285 g/mol. The molecule has 0 aromatic carbocycles. The molecule has 3 atom stereocenters. The van der Waals surface area contributed by atoms with E-state index in [1.54, 1.807) is 6.92 Å². The van der Waals surface area contributed by atoms with E-state index in [1.165, 1.54) is 6.42 Å². The lowest BCUT2D eigenvalue weighted by molar-refractivity contribution is -0.146. The minimum atomic E-state index is -0.895. The first-order chi connectivity index (χ1) is 9.49. The molecule has 0 aromatic heterocycles. The maximum atomic E-state index is 11.5. The van der Waals surface area contributed by atoms with E-state index in [0.29, 0.717) is 19.1 Å². The van der Waals surface area contributed by atoms with Crippen molar-refractivity contribution >= 4 is 5.97 Å². The molecule has 2 rings (SSSR count). The third-order valence-corrected chi connectivity index (χ3v) is 4.11. The zero-order valence-electron chi connectivity index (χ0n) is 12.6. The molecule has 1 aliphatic heterocycles. The van der Waals surface area contributed by atoms with Crippen LogP contribution in [-0.4, -0.2) is 48.1 Å². The standard InChI is InChI=1S/C15H27NO4/c1-11(20-10-13-5-3-4-8-19-13)9-15(2,14(17)18)16-12-6-7-12/h11-13,16H,3-10H2,1-2H3,(H,17,18). The highest BCUT2D eigenvalue weighted by Gasteiger charge is 2.39. The van der Waals surface area contributed by atoms with E-state index in [4.69, 9.17) is 9.47 Å². The fourth-order valence-corrected chi connectivity index (χ4v) is 2.73. The molecule has 0 radical (unpaired) electrons. The van der Waals surface area contributed by atoms with Crippen molar-refractivity contribution in [2.45, 2.75) is 76.2 Å². The van der Waals surface area contributed by atoms with Gasteiger partial charge in [0, 0.05) is 19.1 Å². The average Bonchev–Trinajstić information content (AvgIpc) is 3.21. The Labute approximate surface area is 121 Å². The van der Waals surface area contributed by atoms with E-state index in [-0.39, 0.29) is 12.2 Å². The van der Waals surface area contributed by atoms with Gasteiger partial charge in [0.25, 0.3) is 0 Å². The highest BCUT2D eigenvalue weighted by atomic mass is 16.5. The van der Waals surface area contributed by atoms with E-state index in [2.05, 4.69) is 5.32 Å². The maximum Gasteiger partial charge on any atom is 0.323 e. The Hall–Kier alpha value is -0.650. The number of rotatable bonds is 8. The molecule has 5 nitrogen and oxygen atoms in total. The Kier molecular flexibility index (Phi) is 5.41. The fourth-order valence-electron chi connectivity index (χ4n) is 2.73. The van der Waals surface area contributed by atoms with Crippen LogP contribution in [0.4, 0.5) is 0 Å². The zero-order chi connectivity index (χ0) is 14.6. The number of hydrogen-bond acceptors (Lipinski definition) is 4. The molecular weight excluding hydrogens is 258 g/mol. The van der Waals surface area contributed by atoms with Crippen molar-refractivity contribution in [2.24, 2.45) is 0 Å². The van der Waals surface area contributed by atoms with Gasteiger partial charge in [0.1, 0.15) is 5.54 Å². The summed E-state index contributed by atoms with van der Waals surface area (Å²) in [5.74, 6) is -0.797. The van der Waals surface area contributed by atoms with Gasteiger partial charge >= 0.3 is 5.97 Å². The predicted molar refractivity (Wildman–Crippen MR) is 75.8 cm³/mol. The van der Waals surface area contributed by atoms with Gasteiger partial charge < -0.3 is 14.6 Å². The largest absolute Gasteiger partial charge is 0.480 e. The Morgan fingerprint density at radius 2 is 2.20 bits per heavy atom. The van der Waals surface area contributed by atoms with Gasteiger partial charge in [-0.05, 0) is 46.0 Å². The molecule has 116 valence electrons. The summed E-state index contributed by atoms with van der Waals surface area (Å²) in [6.07, 6.45) is 6.09. The second kappa shape index (κ2) is 6.87. The van der Waals surface area contributed by atoms with Crippen LogP contribution in [-0.2, 0) is 14.3 Å². The molecule has 2 N–H and O–H groups in total. The molecule has 0 spiro atoms. The summed E-state index contributed by atoms with van der Waals surface area (Å²) in [4.78, 5) is 11.5. The first-order valence-electron chi connectivity index (χ1n) is 7.74. The predicted octanol–water partition coefficient (Wildman–Crippen LogP) is 1.95. The van der Waals surface area contributed by atoms with Crippen LogP contribution in [0.25, 0.3) is 0 Å². The van der Waals surface area contributed by atoms with Gasteiger partial charge in [-0.2, -0.15) is 0 Å². The van der Waals surface area contributed by atoms with Gasteiger partial charge in [0.2, 0.25) is 0 Å². The second-order valence-electron chi connectivity index (χ2n) is 6.39. The van der Waals surface area contributed by atoms with Gasteiger partial charge in [-0.15, -0.1) is 0 Å². The fraction of sp³-hybridized carbons (Fsp3) is 0.933. The highest BCUT2D eigenvalue weighted by Crippen LogP contribution is 2.26. The molecule has 20 heavy (non-hydrogen) atoms. The summed E-state index contributed by atoms with van der Waals surface area (Å²) in [6.45, 7) is 5.09. The number of aliphatic carboxylic acids is 1. The van der Waals surface area contributed by atoms with E-state index in [1.807, 2.05) is 6.92 Å².